The number of halogens is 2. The highest BCUT2D eigenvalue weighted by atomic mass is 32.2. The Morgan fingerprint density at radius 3 is 2.56 bits per heavy atom. The van der Waals surface area contributed by atoms with Gasteiger partial charge < -0.3 is 5.32 Å². The van der Waals surface area contributed by atoms with Crippen molar-refractivity contribution in [2.75, 3.05) is 16.8 Å². The molecule has 1 fully saturated rings. The zero-order chi connectivity index (χ0) is 24.0. The van der Waals surface area contributed by atoms with Gasteiger partial charge in [0, 0.05) is 11.6 Å². The maximum absolute atomic E-state index is 14.2. The monoisotopic (exact) mass is 482 g/mol. The first-order valence-corrected chi connectivity index (χ1v) is 12.5. The number of nitrogens with zero attached hydrogens (tertiary/aromatic N) is 3. The molecule has 0 saturated carbocycles. The zero-order valence-electron chi connectivity index (χ0n) is 18.1. The Morgan fingerprint density at radius 2 is 1.88 bits per heavy atom. The third-order valence-corrected chi connectivity index (χ3v) is 7.64. The van der Waals surface area contributed by atoms with Crippen LogP contribution in [-0.2, 0) is 9.84 Å². The van der Waals surface area contributed by atoms with E-state index in [-0.39, 0.29) is 22.8 Å². The van der Waals surface area contributed by atoms with E-state index in [9.17, 15) is 22.0 Å². The van der Waals surface area contributed by atoms with E-state index in [4.69, 9.17) is 4.98 Å². The van der Waals surface area contributed by atoms with Gasteiger partial charge in [-0.2, -0.15) is 5.10 Å². The summed E-state index contributed by atoms with van der Waals surface area (Å²) >= 11 is 0. The predicted octanol–water partition coefficient (Wildman–Crippen LogP) is 4.30. The van der Waals surface area contributed by atoms with E-state index in [2.05, 4.69) is 10.4 Å². The van der Waals surface area contributed by atoms with Crippen molar-refractivity contribution in [1.82, 2.24) is 14.8 Å². The van der Waals surface area contributed by atoms with Gasteiger partial charge in [0.1, 0.15) is 11.6 Å². The zero-order valence-corrected chi connectivity index (χ0v) is 18.9. The summed E-state index contributed by atoms with van der Waals surface area (Å²) in [5.74, 6) is -2.25. The van der Waals surface area contributed by atoms with Crippen molar-refractivity contribution in [3.8, 4) is 11.3 Å². The third-order valence-electron chi connectivity index (χ3n) is 5.88. The van der Waals surface area contributed by atoms with E-state index in [0.29, 0.717) is 34.9 Å². The number of fused-ring (bicyclic) bond motifs is 1. The van der Waals surface area contributed by atoms with Crippen LogP contribution in [0.4, 0.5) is 14.5 Å². The Balaban J connectivity index is 1.67. The number of hydrogen-bond acceptors (Lipinski definition) is 5. The van der Waals surface area contributed by atoms with Gasteiger partial charge in [-0.3, -0.25) is 4.79 Å². The van der Waals surface area contributed by atoms with Crippen molar-refractivity contribution in [2.24, 2.45) is 0 Å². The van der Waals surface area contributed by atoms with Crippen LogP contribution in [0.15, 0.2) is 54.6 Å². The number of hydrogen-bond donors (Lipinski definition) is 1. The first kappa shape index (κ1) is 22.1. The first-order chi connectivity index (χ1) is 16.2. The van der Waals surface area contributed by atoms with E-state index in [0.717, 1.165) is 17.7 Å². The molecule has 1 atom stereocenters. The predicted molar refractivity (Wildman–Crippen MR) is 124 cm³/mol. The van der Waals surface area contributed by atoms with Crippen LogP contribution in [-0.4, -0.2) is 40.6 Å². The molecule has 5 rings (SSSR count). The van der Waals surface area contributed by atoms with Crippen LogP contribution in [0.2, 0.25) is 0 Å². The summed E-state index contributed by atoms with van der Waals surface area (Å²) < 4.78 is 53.3. The normalized spacial score (nSPS) is 17.2. The van der Waals surface area contributed by atoms with Gasteiger partial charge in [0.2, 0.25) is 0 Å². The molecule has 0 unspecified atom stereocenters. The van der Waals surface area contributed by atoms with E-state index in [1.165, 1.54) is 0 Å². The number of carbonyl (C=O) groups is 1. The minimum Gasteiger partial charge on any atom is -0.319 e. The van der Waals surface area contributed by atoms with Crippen molar-refractivity contribution in [1.29, 1.82) is 0 Å². The lowest BCUT2D eigenvalue weighted by Crippen LogP contribution is -2.15. The lowest BCUT2D eigenvalue weighted by atomic mass is 10.0. The van der Waals surface area contributed by atoms with Gasteiger partial charge in [-0.05, 0) is 31.5 Å². The summed E-state index contributed by atoms with van der Waals surface area (Å²) in [6.45, 7) is 1.71. The summed E-state index contributed by atoms with van der Waals surface area (Å²) in [5, 5.41) is 7.49. The Kier molecular flexibility index (Phi) is 5.40. The average Bonchev–Trinajstić information content (AvgIpc) is 3.34. The minimum atomic E-state index is -3.18. The van der Waals surface area contributed by atoms with Crippen molar-refractivity contribution in [3.63, 3.8) is 0 Å². The molecule has 1 aliphatic rings. The second-order valence-electron chi connectivity index (χ2n) is 8.28. The number of benzene rings is 2. The molecule has 0 bridgehead atoms. The molecular weight excluding hydrogens is 462 g/mol. The van der Waals surface area contributed by atoms with Crippen LogP contribution in [0.5, 0.6) is 0 Å². The Morgan fingerprint density at radius 1 is 1.12 bits per heavy atom. The Labute approximate surface area is 194 Å². The summed E-state index contributed by atoms with van der Waals surface area (Å²) in [6.07, 6.45) is 0.401. The quantitative estimate of drug-likeness (QED) is 0.468. The van der Waals surface area contributed by atoms with Gasteiger partial charge >= 0.3 is 0 Å². The Hall–Kier alpha value is -3.66. The van der Waals surface area contributed by atoms with Crippen molar-refractivity contribution < 1.29 is 22.0 Å². The number of anilines is 1. The molecule has 0 spiro atoms. The van der Waals surface area contributed by atoms with Crippen molar-refractivity contribution >= 4 is 32.5 Å². The molecule has 1 saturated heterocycles. The summed E-state index contributed by atoms with van der Waals surface area (Å²) in [7, 11) is -3.18. The molecule has 4 aromatic rings. The number of aryl methyl sites for hydroxylation is 1. The van der Waals surface area contributed by atoms with Crippen molar-refractivity contribution in [2.45, 2.75) is 19.4 Å². The van der Waals surface area contributed by atoms with Crippen LogP contribution in [0, 0.1) is 18.6 Å². The van der Waals surface area contributed by atoms with Crippen molar-refractivity contribution in [3.05, 3.63) is 77.5 Å². The van der Waals surface area contributed by atoms with Crippen LogP contribution in [0.3, 0.4) is 0 Å². The van der Waals surface area contributed by atoms with Gasteiger partial charge in [0.15, 0.2) is 15.5 Å². The van der Waals surface area contributed by atoms with E-state index in [1.807, 2.05) is 30.3 Å². The fourth-order valence-electron chi connectivity index (χ4n) is 4.25. The molecule has 2 aromatic carbocycles. The highest BCUT2D eigenvalue weighted by molar-refractivity contribution is 7.91. The van der Waals surface area contributed by atoms with Gasteiger partial charge in [-0.15, -0.1) is 0 Å². The highest BCUT2D eigenvalue weighted by Gasteiger charge is 2.32. The summed E-state index contributed by atoms with van der Waals surface area (Å²) in [6, 6.07) is 13.3. The number of aromatic nitrogens is 3. The van der Waals surface area contributed by atoms with Crippen LogP contribution in [0.25, 0.3) is 22.3 Å². The van der Waals surface area contributed by atoms with Gasteiger partial charge in [0.05, 0.1) is 45.6 Å². The SMILES string of the molecule is Cc1nn([C@@H]2CCS(=O)(=O)C2)c2nc(-c3ccccc3)cc(C(=O)Nc3ccc(F)cc3F)c12. The molecule has 174 valence electrons. The van der Waals surface area contributed by atoms with Crippen LogP contribution in [0.1, 0.15) is 28.5 Å². The molecule has 1 aliphatic heterocycles. The van der Waals surface area contributed by atoms with Gasteiger partial charge in [0.25, 0.3) is 5.91 Å². The van der Waals surface area contributed by atoms with Gasteiger partial charge in [-0.1, -0.05) is 30.3 Å². The van der Waals surface area contributed by atoms with Crippen LogP contribution >= 0.6 is 0 Å². The van der Waals surface area contributed by atoms with E-state index < -0.39 is 33.4 Å². The highest BCUT2D eigenvalue weighted by Crippen LogP contribution is 2.32. The number of carbonyl (C=O) groups excluding carboxylic acids is 1. The third kappa shape index (κ3) is 4.05. The molecule has 2 aromatic heterocycles. The fourth-order valence-corrected chi connectivity index (χ4v) is 5.94. The molecule has 3 heterocycles. The molecule has 7 nitrogen and oxygen atoms in total. The molecule has 0 aliphatic carbocycles. The smallest absolute Gasteiger partial charge is 0.256 e. The number of pyridine rings is 1. The standard InChI is InChI=1S/C24H20F2N4O3S/c1-14-22-18(24(31)28-20-8-7-16(25)11-19(20)26)12-21(15-5-3-2-4-6-15)27-23(22)30(29-14)17-9-10-34(32,33)13-17/h2-8,11-12,17H,9-10,13H2,1H3,(H,28,31)/t17-/m1/s1. The number of sulfone groups is 1. The number of amides is 1. The second-order valence-corrected chi connectivity index (χ2v) is 10.5. The molecule has 0 radical (unpaired) electrons. The molecule has 1 N–H and O–H groups in total. The number of rotatable bonds is 4. The van der Waals surface area contributed by atoms with E-state index >= 15 is 0 Å². The topological polar surface area (TPSA) is 93.9 Å². The summed E-state index contributed by atoms with van der Waals surface area (Å²) in [5.41, 5.74) is 2.15. The molecule has 34 heavy (non-hydrogen) atoms. The van der Waals surface area contributed by atoms with E-state index in [1.54, 1.807) is 17.7 Å². The molecule has 10 heteroatoms. The maximum Gasteiger partial charge on any atom is 0.256 e. The lowest BCUT2D eigenvalue weighted by molar-refractivity contribution is 0.102. The molecule has 1 amide bonds. The van der Waals surface area contributed by atoms with Gasteiger partial charge in [-0.25, -0.2) is 26.9 Å². The lowest BCUT2D eigenvalue weighted by Gasteiger charge is -2.12. The summed E-state index contributed by atoms with van der Waals surface area (Å²) in [4.78, 5) is 18.0. The number of nitrogens with one attached hydrogen (secondary N) is 1. The average molecular weight is 483 g/mol. The Bertz CT molecular complexity index is 1540. The first-order valence-electron chi connectivity index (χ1n) is 10.6. The fraction of sp³-hybridized carbons (Fsp3) is 0.208. The maximum atomic E-state index is 14.2. The largest absolute Gasteiger partial charge is 0.319 e. The minimum absolute atomic E-state index is 0.0528. The van der Waals surface area contributed by atoms with Crippen LogP contribution < -0.4 is 5.32 Å². The second kappa shape index (κ2) is 8.28. The molecular formula is C24H20F2N4O3S.